The van der Waals surface area contributed by atoms with E-state index in [1.54, 1.807) is 5.57 Å². The zero-order valence-electron chi connectivity index (χ0n) is 17.2. The van der Waals surface area contributed by atoms with Gasteiger partial charge in [-0.05, 0) is 89.0 Å². The second-order valence-corrected chi connectivity index (χ2v) is 10.0. The molecule has 27 heavy (non-hydrogen) atoms. The van der Waals surface area contributed by atoms with Crippen LogP contribution in [0.4, 0.5) is 0 Å². The van der Waals surface area contributed by atoms with E-state index >= 15 is 0 Å². The zero-order chi connectivity index (χ0) is 18.9. The predicted octanol–water partition coefficient (Wildman–Crippen LogP) is 5.56. The molecule has 2 saturated carbocycles. The van der Waals surface area contributed by atoms with Crippen LogP contribution in [0.1, 0.15) is 78.6 Å². The van der Waals surface area contributed by atoms with Crippen molar-refractivity contribution in [1.82, 2.24) is 0 Å². The number of hydrogen-bond donors (Lipinski definition) is 0. The molecule has 4 aliphatic carbocycles. The van der Waals surface area contributed by atoms with Gasteiger partial charge < -0.3 is 9.47 Å². The molecule has 3 heteroatoms. The van der Waals surface area contributed by atoms with E-state index < -0.39 is 0 Å². The molecule has 148 valence electrons. The van der Waals surface area contributed by atoms with Crippen LogP contribution in [-0.4, -0.2) is 18.2 Å². The van der Waals surface area contributed by atoms with Crippen molar-refractivity contribution < 1.29 is 14.3 Å². The van der Waals surface area contributed by atoms with Crippen molar-refractivity contribution in [2.45, 2.75) is 84.2 Å². The molecule has 5 aliphatic rings. The molecule has 3 fully saturated rings. The third kappa shape index (κ3) is 2.17. The lowest BCUT2D eigenvalue weighted by molar-refractivity contribution is -0.166. The summed E-state index contributed by atoms with van der Waals surface area (Å²) in [5, 5.41) is 0. The van der Waals surface area contributed by atoms with E-state index in [0.29, 0.717) is 24.2 Å². The summed E-state index contributed by atoms with van der Waals surface area (Å²) < 4.78 is 12.3. The maximum atomic E-state index is 12.0. The van der Waals surface area contributed by atoms with E-state index in [2.05, 4.69) is 32.9 Å². The van der Waals surface area contributed by atoms with E-state index in [9.17, 15) is 4.79 Å². The van der Waals surface area contributed by atoms with Crippen LogP contribution in [0, 0.1) is 28.6 Å². The zero-order valence-corrected chi connectivity index (χ0v) is 17.2. The highest BCUT2D eigenvalue weighted by Crippen LogP contribution is 2.69. The number of ether oxygens (including phenoxy) is 2. The molecule has 1 spiro atoms. The van der Waals surface area contributed by atoms with Gasteiger partial charge in [-0.25, -0.2) is 0 Å². The summed E-state index contributed by atoms with van der Waals surface area (Å²) in [6, 6.07) is 0. The van der Waals surface area contributed by atoms with Crippen LogP contribution in [0.2, 0.25) is 0 Å². The molecule has 5 rings (SSSR count). The highest BCUT2D eigenvalue weighted by molar-refractivity contribution is 5.72. The quantitative estimate of drug-likeness (QED) is 0.472. The molecule has 1 saturated heterocycles. The molecular weight excluding hydrogens is 336 g/mol. The third-order valence-corrected chi connectivity index (χ3v) is 9.37. The Labute approximate surface area is 163 Å². The molecule has 0 N–H and O–H groups in total. The van der Waals surface area contributed by atoms with Crippen molar-refractivity contribution in [3.63, 3.8) is 0 Å². The van der Waals surface area contributed by atoms with E-state index in [1.807, 2.05) is 0 Å². The minimum Gasteiger partial charge on any atom is -0.498 e. The van der Waals surface area contributed by atoms with Crippen LogP contribution >= 0.6 is 0 Å². The van der Waals surface area contributed by atoms with Crippen LogP contribution < -0.4 is 0 Å². The van der Waals surface area contributed by atoms with Gasteiger partial charge in [-0.3, -0.25) is 4.79 Å². The monoisotopic (exact) mass is 370 g/mol. The third-order valence-electron chi connectivity index (χ3n) is 9.37. The van der Waals surface area contributed by atoms with Gasteiger partial charge in [-0.2, -0.15) is 0 Å². The number of hydrogen-bond acceptors (Lipinski definition) is 3. The Hall–Kier alpha value is -1.25. The molecule has 6 atom stereocenters. The summed E-state index contributed by atoms with van der Waals surface area (Å²) in [4.78, 5) is 12.0. The van der Waals surface area contributed by atoms with Crippen molar-refractivity contribution in [2.24, 2.45) is 28.6 Å². The van der Waals surface area contributed by atoms with Crippen LogP contribution in [-0.2, 0) is 14.3 Å². The molecule has 0 amide bonds. The lowest BCUT2D eigenvalue weighted by Gasteiger charge is -2.58. The summed E-state index contributed by atoms with van der Waals surface area (Å²) in [6.07, 6.45) is 14.7. The Morgan fingerprint density at radius 1 is 1.11 bits per heavy atom. The molecule has 3 nitrogen and oxygen atoms in total. The Morgan fingerprint density at radius 2 is 1.93 bits per heavy atom. The minimum absolute atomic E-state index is 0.0330. The molecule has 0 aromatic heterocycles. The second kappa shape index (κ2) is 5.87. The molecular formula is C24H34O3. The van der Waals surface area contributed by atoms with Gasteiger partial charge in [0.2, 0.25) is 0 Å². The van der Waals surface area contributed by atoms with Gasteiger partial charge in [0.05, 0.1) is 6.61 Å². The maximum absolute atomic E-state index is 12.0. The highest BCUT2D eigenvalue weighted by Gasteiger charge is 2.67. The smallest absolute Gasteiger partial charge is 0.306 e. The summed E-state index contributed by atoms with van der Waals surface area (Å²) >= 11 is 0. The summed E-state index contributed by atoms with van der Waals surface area (Å²) in [6.45, 7) is 7.77. The molecule has 0 aromatic rings. The van der Waals surface area contributed by atoms with Crippen LogP contribution in [0.15, 0.2) is 23.5 Å². The first kappa shape index (κ1) is 17.8. The van der Waals surface area contributed by atoms with E-state index in [4.69, 9.17) is 9.47 Å². The first-order chi connectivity index (χ1) is 12.9. The standard InChI is InChI=1S/C24H34O3/c1-4-26-20-7-5-6-16-8-9-17-18-11-14-24(15-12-21(25)27-24)22(18,2)13-10-19(17)23(16,20)3/h7-8,17-19H,4-6,9-15H2,1-3H3/t17-,18-,19+,22-,23-,24-/m1/s1. The fourth-order valence-corrected chi connectivity index (χ4v) is 7.99. The first-order valence-electron chi connectivity index (χ1n) is 11.2. The van der Waals surface area contributed by atoms with Crippen molar-refractivity contribution in [1.29, 1.82) is 0 Å². The second-order valence-electron chi connectivity index (χ2n) is 10.0. The Morgan fingerprint density at radius 3 is 2.67 bits per heavy atom. The molecule has 1 aliphatic heterocycles. The van der Waals surface area contributed by atoms with Crippen LogP contribution in [0.25, 0.3) is 0 Å². The normalized spacial score (nSPS) is 48.3. The average molecular weight is 371 g/mol. The van der Waals surface area contributed by atoms with Crippen molar-refractivity contribution in [3.8, 4) is 0 Å². The van der Waals surface area contributed by atoms with E-state index in [1.165, 1.54) is 37.9 Å². The topological polar surface area (TPSA) is 35.5 Å². The molecule has 0 bridgehead atoms. The van der Waals surface area contributed by atoms with Crippen molar-refractivity contribution >= 4 is 5.97 Å². The van der Waals surface area contributed by atoms with Gasteiger partial charge in [0.25, 0.3) is 0 Å². The predicted molar refractivity (Wildman–Crippen MR) is 105 cm³/mol. The summed E-state index contributed by atoms with van der Waals surface area (Å²) in [5.74, 6) is 3.30. The Kier molecular flexibility index (Phi) is 3.88. The van der Waals surface area contributed by atoms with Crippen LogP contribution in [0.5, 0.6) is 0 Å². The lowest BCUT2D eigenvalue weighted by Crippen LogP contribution is -2.54. The molecule has 1 heterocycles. The Bertz CT molecular complexity index is 721. The average Bonchev–Trinajstić information content (AvgIpc) is 3.17. The SMILES string of the molecule is CCOC1=CCCC2=CC[C@@H]3[C@H]4CC[C@@]5(CCC(=O)O5)[C@]4(C)CC[C@@H]3[C@@]21C. The highest BCUT2D eigenvalue weighted by atomic mass is 16.6. The van der Waals surface area contributed by atoms with Crippen molar-refractivity contribution in [2.75, 3.05) is 6.61 Å². The summed E-state index contributed by atoms with van der Waals surface area (Å²) in [7, 11) is 0. The van der Waals surface area contributed by atoms with E-state index in [0.717, 1.165) is 25.9 Å². The first-order valence-corrected chi connectivity index (χ1v) is 11.2. The summed E-state index contributed by atoms with van der Waals surface area (Å²) in [5.41, 5.74) is 1.70. The molecule has 0 radical (unpaired) electrons. The number of carbonyl (C=O) groups excluding carboxylic acids is 1. The number of rotatable bonds is 2. The number of esters is 1. The van der Waals surface area contributed by atoms with Gasteiger partial charge >= 0.3 is 5.97 Å². The van der Waals surface area contributed by atoms with Crippen molar-refractivity contribution in [3.05, 3.63) is 23.5 Å². The largest absolute Gasteiger partial charge is 0.498 e. The number of carbonyl (C=O) groups is 1. The van der Waals surface area contributed by atoms with E-state index in [-0.39, 0.29) is 22.4 Å². The number of fused-ring (bicyclic) bond motifs is 6. The molecule has 0 unspecified atom stereocenters. The number of allylic oxidation sites excluding steroid dienone is 3. The van der Waals surface area contributed by atoms with Gasteiger partial charge in [-0.15, -0.1) is 0 Å². The Balaban J connectivity index is 1.51. The maximum Gasteiger partial charge on any atom is 0.306 e. The van der Waals surface area contributed by atoms with Gasteiger partial charge in [0, 0.05) is 17.3 Å². The van der Waals surface area contributed by atoms with Gasteiger partial charge in [0.15, 0.2) is 0 Å². The van der Waals surface area contributed by atoms with Crippen LogP contribution in [0.3, 0.4) is 0 Å². The molecule has 0 aromatic carbocycles. The van der Waals surface area contributed by atoms with Gasteiger partial charge in [-0.1, -0.05) is 18.6 Å². The fourth-order valence-electron chi connectivity index (χ4n) is 7.99. The minimum atomic E-state index is -0.171. The van der Waals surface area contributed by atoms with Gasteiger partial charge in [0.1, 0.15) is 11.4 Å². The lowest BCUT2D eigenvalue weighted by atomic mass is 9.47. The fraction of sp³-hybridized carbons (Fsp3) is 0.792.